The highest BCUT2D eigenvalue weighted by atomic mass is 35.5. The van der Waals surface area contributed by atoms with Gasteiger partial charge in [-0.2, -0.15) is 0 Å². The van der Waals surface area contributed by atoms with Gasteiger partial charge in [0, 0.05) is 16.7 Å². The minimum atomic E-state index is -0.877. The predicted octanol–water partition coefficient (Wildman–Crippen LogP) is 4.19. The summed E-state index contributed by atoms with van der Waals surface area (Å²) in [6.07, 6.45) is -0.877. The number of hydrogen-bond donors (Lipinski definition) is 0. The van der Waals surface area contributed by atoms with Gasteiger partial charge in [0.25, 0.3) is 11.7 Å². The highest BCUT2D eigenvalue weighted by molar-refractivity contribution is 6.30. The molecule has 0 saturated carbocycles. The summed E-state index contributed by atoms with van der Waals surface area (Å²) in [4.78, 5) is 29.1. The normalized spacial score (nSPS) is 15.3. The number of carbonyl (C=O) groups excluding carboxylic acids is 1. The van der Waals surface area contributed by atoms with Crippen LogP contribution in [0.25, 0.3) is 0 Å². The van der Waals surface area contributed by atoms with Gasteiger partial charge in [0.2, 0.25) is 6.10 Å². The number of nitrogens with zero attached hydrogens (tertiary/aromatic N) is 3. The molecule has 1 aliphatic heterocycles. The van der Waals surface area contributed by atoms with Crippen molar-refractivity contribution < 1.29 is 19.2 Å². The molecule has 0 aliphatic carbocycles. The SMILES string of the molecule is O=C1C(c2ccccc2)Oc2ccc([N+](=O)[O-])nc2N1CCOc1ccc(Cl)cc1. The van der Waals surface area contributed by atoms with Gasteiger partial charge in [-0.05, 0) is 40.2 Å². The molecule has 2 aromatic carbocycles. The van der Waals surface area contributed by atoms with E-state index in [2.05, 4.69) is 4.98 Å². The number of carbonyl (C=O) groups is 1. The van der Waals surface area contributed by atoms with E-state index in [0.29, 0.717) is 22.1 Å². The van der Waals surface area contributed by atoms with E-state index in [9.17, 15) is 14.9 Å². The number of hydrogen-bond acceptors (Lipinski definition) is 6. The number of rotatable bonds is 6. The maximum atomic E-state index is 13.2. The molecule has 8 nitrogen and oxygen atoms in total. The molecule has 0 bridgehead atoms. The first kappa shape index (κ1) is 19.7. The third kappa shape index (κ3) is 4.04. The highest BCUT2D eigenvalue weighted by Gasteiger charge is 2.39. The van der Waals surface area contributed by atoms with Gasteiger partial charge in [0.1, 0.15) is 12.4 Å². The van der Waals surface area contributed by atoms with Gasteiger partial charge in [-0.25, -0.2) is 0 Å². The summed E-state index contributed by atoms with van der Waals surface area (Å²) < 4.78 is 11.5. The van der Waals surface area contributed by atoms with E-state index in [1.165, 1.54) is 17.0 Å². The van der Waals surface area contributed by atoms with E-state index in [4.69, 9.17) is 21.1 Å². The van der Waals surface area contributed by atoms with E-state index in [1.807, 2.05) is 18.2 Å². The molecular formula is C21H16ClN3O5. The molecule has 0 radical (unpaired) electrons. The van der Waals surface area contributed by atoms with Crippen molar-refractivity contribution in [2.75, 3.05) is 18.1 Å². The van der Waals surface area contributed by atoms with Crippen LogP contribution in [0.2, 0.25) is 5.02 Å². The van der Waals surface area contributed by atoms with Gasteiger partial charge >= 0.3 is 5.82 Å². The van der Waals surface area contributed by atoms with Crippen molar-refractivity contribution in [2.24, 2.45) is 0 Å². The van der Waals surface area contributed by atoms with Gasteiger partial charge in [-0.1, -0.05) is 41.9 Å². The summed E-state index contributed by atoms with van der Waals surface area (Å²) in [5, 5.41) is 11.7. The Balaban J connectivity index is 1.61. The lowest BCUT2D eigenvalue weighted by Gasteiger charge is -2.31. The third-order valence-corrected chi connectivity index (χ3v) is 4.75. The molecule has 1 aromatic heterocycles. The van der Waals surface area contributed by atoms with Gasteiger partial charge < -0.3 is 19.6 Å². The fourth-order valence-corrected chi connectivity index (χ4v) is 3.20. The first-order valence-electron chi connectivity index (χ1n) is 9.10. The van der Waals surface area contributed by atoms with Crippen LogP contribution in [-0.4, -0.2) is 29.0 Å². The van der Waals surface area contributed by atoms with Gasteiger partial charge in [0.15, 0.2) is 5.75 Å². The molecule has 1 unspecified atom stereocenters. The van der Waals surface area contributed by atoms with Crippen molar-refractivity contribution in [1.29, 1.82) is 0 Å². The van der Waals surface area contributed by atoms with Crippen LogP contribution in [-0.2, 0) is 4.79 Å². The quantitative estimate of drug-likeness (QED) is 0.434. The van der Waals surface area contributed by atoms with Crippen molar-refractivity contribution >= 4 is 29.1 Å². The van der Waals surface area contributed by atoms with E-state index < -0.39 is 11.0 Å². The van der Waals surface area contributed by atoms with Gasteiger partial charge in [-0.3, -0.25) is 9.69 Å². The number of amides is 1. The lowest BCUT2D eigenvalue weighted by molar-refractivity contribution is -0.389. The Bertz CT molecular complexity index is 1080. The van der Waals surface area contributed by atoms with Crippen LogP contribution < -0.4 is 14.4 Å². The fourth-order valence-electron chi connectivity index (χ4n) is 3.08. The predicted molar refractivity (Wildman–Crippen MR) is 110 cm³/mol. The molecule has 3 aromatic rings. The molecule has 0 saturated heterocycles. The average Bonchev–Trinajstić information content (AvgIpc) is 2.76. The summed E-state index contributed by atoms with van der Waals surface area (Å²) in [6, 6.07) is 18.6. The van der Waals surface area contributed by atoms with E-state index in [1.54, 1.807) is 36.4 Å². The molecule has 30 heavy (non-hydrogen) atoms. The van der Waals surface area contributed by atoms with Crippen LogP contribution in [0.5, 0.6) is 11.5 Å². The largest absolute Gasteiger partial charge is 0.492 e. The smallest absolute Gasteiger partial charge is 0.366 e. The molecule has 1 amide bonds. The van der Waals surface area contributed by atoms with Gasteiger partial charge in [0.05, 0.1) is 6.54 Å². The minimum absolute atomic E-state index is 0.0982. The van der Waals surface area contributed by atoms with Crippen molar-refractivity contribution in [1.82, 2.24) is 4.98 Å². The number of nitro groups is 1. The minimum Gasteiger partial charge on any atom is -0.492 e. The van der Waals surface area contributed by atoms with E-state index >= 15 is 0 Å². The summed E-state index contributed by atoms with van der Waals surface area (Å²) in [6.45, 7) is 0.286. The topological polar surface area (TPSA) is 94.8 Å². The van der Waals surface area contributed by atoms with E-state index in [0.717, 1.165) is 0 Å². The second-order valence-electron chi connectivity index (χ2n) is 6.45. The molecule has 1 atom stereocenters. The van der Waals surface area contributed by atoms with Crippen molar-refractivity contribution in [3.8, 4) is 11.5 Å². The second-order valence-corrected chi connectivity index (χ2v) is 6.89. The maximum Gasteiger partial charge on any atom is 0.366 e. The summed E-state index contributed by atoms with van der Waals surface area (Å²) in [7, 11) is 0. The molecule has 9 heteroatoms. The van der Waals surface area contributed by atoms with Crippen LogP contribution in [0.15, 0.2) is 66.7 Å². The number of aromatic nitrogens is 1. The molecule has 4 rings (SSSR count). The molecule has 0 N–H and O–H groups in total. The van der Waals surface area contributed by atoms with Crippen LogP contribution in [0.4, 0.5) is 11.6 Å². The third-order valence-electron chi connectivity index (χ3n) is 4.50. The number of halogens is 1. The lowest BCUT2D eigenvalue weighted by Crippen LogP contribution is -2.43. The molecular weight excluding hydrogens is 410 g/mol. The number of benzene rings is 2. The standard InChI is InChI=1S/C21H16ClN3O5/c22-15-6-8-16(9-7-15)29-13-12-24-20-17(10-11-18(23-20)25(27)28)30-19(21(24)26)14-4-2-1-3-5-14/h1-11,19H,12-13H2. The first-order chi connectivity index (χ1) is 14.5. The molecule has 0 spiro atoms. The van der Waals surface area contributed by atoms with Crippen LogP contribution in [0.1, 0.15) is 11.7 Å². The van der Waals surface area contributed by atoms with Gasteiger partial charge in [-0.15, -0.1) is 0 Å². The van der Waals surface area contributed by atoms with E-state index in [-0.39, 0.29) is 30.7 Å². The lowest BCUT2D eigenvalue weighted by atomic mass is 10.1. The Hall–Kier alpha value is -3.65. The average molecular weight is 426 g/mol. The first-order valence-corrected chi connectivity index (χ1v) is 9.47. The Morgan fingerprint density at radius 3 is 2.53 bits per heavy atom. The Labute approximate surface area is 176 Å². The zero-order chi connectivity index (χ0) is 21.1. The maximum absolute atomic E-state index is 13.2. The molecule has 1 aliphatic rings. The summed E-state index contributed by atoms with van der Waals surface area (Å²) in [5.74, 6) is 0.238. The highest BCUT2D eigenvalue weighted by Crippen LogP contribution is 2.38. The number of ether oxygens (including phenoxy) is 2. The Kier molecular flexibility index (Phi) is 5.49. The fraction of sp³-hybridized carbons (Fsp3) is 0.143. The number of fused-ring (bicyclic) bond motifs is 1. The van der Waals surface area contributed by atoms with Crippen LogP contribution >= 0.6 is 11.6 Å². The van der Waals surface area contributed by atoms with Crippen LogP contribution in [0.3, 0.4) is 0 Å². The monoisotopic (exact) mass is 425 g/mol. The number of anilines is 1. The zero-order valence-electron chi connectivity index (χ0n) is 15.6. The molecule has 152 valence electrons. The molecule has 0 fully saturated rings. The molecule has 2 heterocycles. The Morgan fingerprint density at radius 2 is 1.83 bits per heavy atom. The zero-order valence-corrected chi connectivity index (χ0v) is 16.4. The number of pyridine rings is 1. The van der Waals surface area contributed by atoms with Crippen molar-refractivity contribution in [3.05, 3.63) is 87.4 Å². The van der Waals surface area contributed by atoms with Crippen molar-refractivity contribution in [2.45, 2.75) is 6.10 Å². The Morgan fingerprint density at radius 1 is 1.10 bits per heavy atom. The second kappa shape index (κ2) is 8.38. The summed E-state index contributed by atoms with van der Waals surface area (Å²) >= 11 is 5.87. The van der Waals surface area contributed by atoms with Crippen LogP contribution in [0, 0.1) is 10.1 Å². The van der Waals surface area contributed by atoms with Crippen molar-refractivity contribution in [3.63, 3.8) is 0 Å². The summed E-state index contributed by atoms with van der Waals surface area (Å²) in [5.41, 5.74) is 0.676.